The number of carbonyl (C=O) groups excluding carboxylic acids is 1. The van der Waals surface area contributed by atoms with Crippen LogP contribution in [0, 0.1) is 6.92 Å². The third-order valence-corrected chi connectivity index (χ3v) is 2.46. The number of aryl methyl sites for hydroxylation is 1. The molecule has 3 heteroatoms. The first-order valence-electron chi connectivity index (χ1n) is 3.09. The fourth-order valence-electron chi connectivity index (χ4n) is 0.805. The largest absolute Gasteiger partial charge is 0.545 e. The number of carboxylic acid groups (broad SMARTS) is 1. The minimum Gasteiger partial charge on any atom is -0.545 e. The van der Waals surface area contributed by atoms with Gasteiger partial charge < -0.3 is 9.90 Å². The molecule has 0 aromatic heterocycles. The molecule has 0 radical (unpaired) electrons. The number of hydrogen-bond donors (Lipinski definition) is 0. The van der Waals surface area contributed by atoms with Crippen molar-refractivity contribution >= 4 is 21.9 Å². The Labute approximate surface area is 73.0 Å². The molecule has 0 N–H and O–H groups in total. The average molecular weight is 214 g/mol. The Balaban J connectivity index is 3.27. The molecule has 0 amide bonds. The van der Waals surface area contributed by atoms with Crippen LogP contribution in [0.3, 0.4) is 0 Å². The molecule has 0 aliphatic carbocycles. The first kappa shape index (κ1) is 8.27. The minimum absolute atomic E-state index is 0.199. The van der Waals surface area contributed by atoms with E-state index in [-0.39, 0.29) is 5.56 Å². The van der Waals surface area contributed by atoms with Gasteiger partial charge in [0.15, 0.2) is 0 Å². The third kappa shape index (κ3) is 1.60. The van der Waals surface area contributed by atoms with Gasteiger partial charge in [-0.05, 0) is 28.4 Å². The Morgan fingerprint density at radius 3 is 2.64 bits per heavy atom. The first-order chi connectivity index (χ1) is 5.13. The molecule has 0 bridgehead atoms. The maximum Gasteiger partial charge on any atom is 0.0726 e. The van der Waals surface area contributed by atoms with E-state index in [4.69, 9.17) is 0 Å². The quantitative estimate of drug-likeness (QED) is 0.702. The van der Waals surface area contributed by atoms with Crippen LogP contribution in [0.15, 0.2) is 22.7 Å². The van der Waals surface area contributed by atoms with Crippen molar-refractivity contribution in [3.8, 4) is 0 Å². The molecule has 0 aliphatic rings. The highest BCUT2D eigenvalue weighted by molar-refractivity contribution is 9.10. The van der Waals surface area contributed by atoms with Gasteiger partial charge in [-0.3, -0.25) is 0 Å². The van der Waals surface area contributed by atoms with Gasteiger partial charge in [0.25, 0.3) is 0 Å². The van der Waals surface area contributed by atoms with E-state index in [0.717, 1.165) is 5.56 Å². The van der Waals surface area contributed by atoms with Crippen LogP contribution in [0.2, 0.25) is 0 Å². The van der Waals surface area contributed by atoms with Crippen LogP contribution in [0.25, 0.3) is 0 Å². The molecular formula is C8H6BrO2-. The number of hydrogen-bond acceptors (Lipinski definition) is 2. The molecule has 11 heavy (non-hydrogen) atoms. The molecule has 1 aromatic rings. The Morgan fingerprint density at radius 1 is 1.55 bits per heavy atom. The zero-order chi connectivity index (χ0) is 8.43. The van der Waals surface area contributed by atoms with Crippen molar-refractivity contribution in [1.29, 1.82) is 0 Å². The molecule has 0 spiro atoms. The van der Waals surface area contributed by atoms with Crippen LogP contribution in [0.5, 0.6) is 0 Å². The SMILES string of the molecule is Cc1cccc(C(=O)[O-])c1Br. The molecule has 2 nitrogen and oxygen atoms in total. The lowest BCUT2D eigenvalue weighted by molar-refractivity contribution is -0.255. The van der Waals surface area contributed by atoms with Crippen LogP contribution in [-0.2, 0) is 0 Å². The van der Waals surface area contributed by atoms with Gasteiger partial charge >= 0.3 is 0 Å². The predicted molar refractivity (Wildman–Crippen MR) is 43.2 cm³/mol. The Morgan fingerprint density at radius 2 is 2.18 bits per heavy atom. The van der Waals surface area contributed by atoms with Crippen LogP contribution in [0.4, 0.5) is 0 Å². The standard InChI is InChI=1S/C8H7BrO2/c1-5-3-2-4-6(7(5)9)8(10)11/h2-4H,1H3,(H,10,11)/p-1. The van der Waals surface area contributed by atoms with Crippen molar-refractivity contribution < 1.29 is 9.90 Å². The molecule has 0 fully saturated rings. The number of halogens is 1. The van der Waals surface area contributed by atoms with Gasteiger partial charge in [0, 0.05) is 10.0 Å². The lowest BCUT2D eigenvalue weighted by Gasteiger charge is -2.06. The second kappa shape index (κ2) is 3.05. The smallest absolute Gasteiger partial charge is 0.0726 e. The van der Waals surface area contributed by atoms with Gasteiger partial charge in [0.1, 0.15) is 0 Å². The van der Waals surface area contributed by atoms with E-state index in [2.05, 4.69) is 15.9 Å². The van der Waals surface area contributed by atoms with E-state index >= 15 is 0 Å². The summed E-state index contributed by atoms with van der Waals surface area (Å²) in [6.07, 6.45) is 0. The van der Waals surface area contributed by atoms with E-state index < -0.39 is 5.97 Å². The molecule has 0 saturated carbocycles. The predicted octanol–water partition coefficient (Wildman–Crippen LogP) is 1.12. The minimum atomic E-state index is -1.15. The average Bonchev–Trinajstić information content (AvgIpc) is 1.94. The van der Waals surface area contributed by atoms with Gasteiger partial charge in [-0.15, -0.1) is 0 Å². The van der Waals surface area contributed by atoms with Crippen LogP contribution < -0.4 is 5.11 Å². The van der Waals surface area contributed by atoms with E-state index in [1.54, 1.807) is 6.07 Å². The van der Waals surface area contributed by atoms with Gasteiger partial charge in [-0.2, -0.15) is 0 Å². The molecule has 0 aliphatic heterocycles. The molecule has 0 atom stereocenters. The highest BCUT2D eigenvalue weighted by Crippen LogP contribution is 2.19. The summed E-state index contributed by atoms with van der Waals surface area (Å²) in [5, 5.41) is 10.4. The lowest BCUT2D eigenvalue weighted by atomic mass is 10.1. The van der Waals surface area contributed by atoms with Gasteiger partial charge in [0.05, 0.1) is 5.97 Å². The highest BCUT2D eigenvalue weighted by Gasteiger charge is 2.01. The zero-order valence-corrected chi connectivity index (χ0v) is 7.51. The van der Waals surface area contributed by atoms with Crippen molar-refractivity contribution in [3.05, 3.63) is 33.8 Å². The van der Waals surface area contributed by atoms with Crippen LogP contribution in [-0.4, -0.2) is 5.97 Å². The van der Waals surface area contributed by atoms with Crippen LogP contribution in [0.1, 0.15) is 15.9 Å². The molecule has 1 rings (SSSR count). The second-order valence-corrected chi connectivity index (χ2v) is 3.02. The molecule has 0 saturated heterocycles. The summed E-state index contributed by atoms with van der Waals surface area (Å²) in [6.45, 7) is 1.83. The summed E-state index contributed by atoms with van der Waals surface area (Å²) in [4.78, 5) is 10.4. The van der Waals surface area contributed by atoms with Gasteiger partial charge in [0.2, 0.25) is 0 Å². The number of carboxylic acids is 1. The van der Waals surface area contributed by atoms with Gasteiger partial charge in [-0.25, -0.2) is 0 Å². The maximum absolute atomic E-state index is 10.4. The fraction of sp³-hybridized carbons (Fsp3) is 0.125. The number of carbonyl (C=O) groups is 1. The highest BCUT2D eigenvalue weighted by atomic mass is 79.9. The Kier molecular flexibility index (Phi) is 2.29. The van der Waals surface area contributed by atoms with E-state index in [0.29, 0.717) is 4.47 Å². The van der Waals surface area contributed by atoms with E-state index in [1.165, 1.54) is 6.07 Å². The maximum atomic E-state index is 10.4. The summed E-state index contributed by atoms with van der Waals surface area (Å²) in [6, 6.07) is 5.02. The molecule has 0 heterocycles. The number of rotatable bonds is 1. The Bertz CT molecular complexity index is 294. The number of benzene rings is 1. The second-order valence-electron chi connectivity index (χ2n) is 2.22. The van der Waals surface area contributed by atoms with Crippen molar-refractivity contribution in [2.45, 2.75) is 6.92 Å². The van der Waals surface area contributed by atoms with Crippen LogP contribution >= 0.6 is 15.9 Å². The zero-order valence-electron chi connectivity index (χ0n) is 5.93. The summed E-state index contributed by atoms with van der Waals surface area (Å²) < 4.78 is 0.597. The Hall–Kier alpha value is -0.830. The van der Waals surface area contributed by atoms with E-state index in [9.17, 15) is 9.90 Å². The van der Waals surface area contributed by atoms with Gasteiger partial charge in [-0.1, -0.05) is 18.2 Å². The summed E-state index contributed by atoms with van der Waals surface area (Å²) in [5.74, 6) is -1.15. The normalized spacial score (nSPS) is 9.64. The van der Waals surface area contributed by atoms with Crippen molar-refractivity contribution in [1.82, 2.24) is 0 Å². The van der Waals surface area contributed by atoms with Crippen molar-refractivity contribution in [2.24, 2.45) is 0 Å². The van der Waals surface area contributed by atoms with Crippen molar-refractivity contribution in [3.63, 3.8) is 0 Å². The fourth-order valence-corrected chi connectivity index (χ4v) is 1.23. The molecule has 58 valence electrons. The summed E-state index contributed by atoms with van der Waals surface area (Å²) >= 11 is 3.16. The third-order valence-electron chi connectivity index (χ3n) is 1.41. The van der Waals surface area contributed by atoms with E-state index in [1.807, 2.05) is 13.0 Å². The topological polar surface area (TPSA) is 40.1 Å². The number of aromatic carboxylic acids is 1. The first-order valence-corrected chi connectivity index (χ1v) is 3.88. The summed E-state index contributed by atoms with van der Waals surface area (Å²) in [7, 11) is 0. The molecular weight excluding hydrogens is 208 g/mol. The monoisotopic (exact) mass is 213 g/mol. The lowest BCUT2D eigenvalue weighted by Crippen LogP contribution is -2.22. The molecule has 1 aromatic carbocycles. The summed E-state index contributed by atoms with van der Waals surface area (Å²) in [5.41, 5.74) is 1.09. The molecule has 0 unspecified atom stereocenters. The van der Waals surface area contributed by atoms with Crippen molar-refractivity contribution in [2.75, 3.05) is 0 Å².